The van der Waals surface area contributed by atoms with Crippen LogP contribution in [0.1, 0.15) is 31.2 Å². The van der Waals surface area contributed by atoms with Crippen molar-refractivity contribution in [1.29, 1.82) is 0 Å². The van der Waals surface area contributed by atoms with Crippen molar-refractivity contribution >= 4 is 27.3 Å². The Morgan fingerprint density at radius 1 is 1.04 bits per heavy atom. The Hall–Kier alpha value is -1.76. The predicted molar refractivity (Wildman–Crippen MR) is 114 cm³/mol. The second-order valence-corrected chi connectivity index (χ2v) is 9.18. The van der Waals surface area contributed by atoms with Crippen molar-refractivity contribution in [2.45, 2.75) is 37.0 Å². The fourth-order valence-corrected chi connectivity index (χ4v) is 4.93. The van der Waals surface area contributed by atoms with Gasteiger partial charge in [0.2, 0.25) is 10.0 Å². The van der Waals surface area contributed by atoms with Crippen LogP contribution in [0, 0.1) is 0 Å². The average molecular weight is 423 g/mol. The first-order valence-electron chi connectivity index (χ1n) is 9.67. The maximum Gasteiger partial charge on any atom is 0.244 e. The topological polar surface area (TPSA) is 58.6 Å². The molecule has 1 heterocycles. The van der Waals surface area contributed by atoms with Gasteiger partial charge in [0.1, 0.15) is 10.6 Å². The molecule has 0 radical (unpaired) electrons. The van der Waals surface area contributed by atoms with Gasteiger partial charge in [-0.15, -0.1) is 0 Å². The summed E-state index contributed by atoms with van der Waals surface area (Å²) < 4.78 is 33.0. The quantitative estimate of drug-likeness (QED) is 0.724. The first-order chi connectivity index (χ1) is 13.5. The molecule has 28 heavy (non-hydrogen) atoms. The van der Waals surface area contributed by atoms with E-state index in [0.717, 1.165) is 18.7 Å². The highest BCUT2D eigenvalue weighted by Crippen LogP contribution is 2.27. The summed E-state index contributed by atoms with van der Waals surface area (Å²) in [6.45, 7) is 2.53. The fraction of sp³-hybridized carbons (Fsp3) is 0.429. The van der Waals surface area contributed by atoms with E-state index in [2.05, 4.69) is 33.9 Å². The van der Waals surface area contributed by atoms with Gasteiger partial charge in [-0.2, -0.15) is 0 Å². The molecule has 1 saturated heterocycles. The van der Waals surface area contributed by atoms with Crippen LogP contribution >= 0.6 is 11.6 Å². The lowest BCUT2D eigenvalue weighted by Crippen LogP contribution is -2.26. The van der Waals surface area contributed by atoms with Gasteiger partial charge in [-0.25, -0.2) is 13.1 Å². The average Bonchev–Trinajstić information content (AvgIpc) is 2.98. The number of ether oxygens (including phenoxy) is 1. The third-order valence-electron chi connectivity index (χ3n) is 5.03. The molecular weight excluding hydrogens is 396 g/mol. The zero-order valence-corrected chi connectivity index (χ0v) is 17.7. The number of halogens is 1. The van der Waals surface area contributed by atoms with E-state index in [1.165, 1.54) is 44.5 Å². The molecule has 0 unspecified atom stereocenters. The van der Waals surface area contributed by atoms with Gasteiger partial charge < -0.3 is 9.64 Å². The number of methoxy groups -OCH3 is 1. The largest absolute Gasteiger partial charge is 0.495 e. The predicted octanol–water partition coefficient (Wildman–Crippen LogP) is 4.25. The summed E-state index contributed by atoms with van der Waals surface area (Å²) in [5.41, 5.74) is 2.34. The number of hydrogen-bond acceptors (Lipinski definition) is 4. The van der Waals surface area contributed by atoms with Crippen LogP contribution in [0.5, 0.6) is 5.75 Å². The van der Waals surface area contributed by atoms with E-state index in [-0.39, 0.29) is 10.6 Å². The zero-order valence-electron chi connectivity index (χ0n) is 16.2. The third kappa shape index (κ3) is 5.40. The van der Waals surface area contributed by atoms with Crippen molar-refractivity contribution in [3.8, 4) is 5.75 Å². The molecule has 5 nitrogen and oxygen atoms in total. The maximum absolute atomic E-state index is 12.6. The summed E-state index contributed by atoms with van der Waals surface area (Å²) in [6.07, 6.45) is 5.73. The number of benzene rings is 2. The monoisotopic (exact) mass is 422 g/mol. The molecule has 2 aromatic rings. The summed E-state index contributed by atoms with van der Waals surface area (Å²) in [5, 5.41) is 0.352. The first-order valence-corrected chi connectivity index (χ1v) is 11.5. The number of hydrogen-bond donors (Lipinski definition) is 1. The van der Waals surface area contributed by atoms with E-state index < -0.39 is 10.0 Å². The Morgan fingerprint density at radius 3 is 2.36 bits per heavy atom. The molecule has 0 atom stereocenters. The van der Waals surface area contributed by atoms with Crippen molar-refractivity contribution in [3.63, 3.8) is 0 Å². The Labute approximate surface area is 172 Å². The summed E-state index contributed by atoms with van der Waals surface area (Å²) in [4.78, 5) is 2.49. The van der Waals surface area contributed by atoms with Crippen LogP contribution < -0.4 is 14.4 Å². The van der Waals surface area contributed by atoms with Crippen molar-refractivity contribution < 1.29 is 13.2 Å². The van der Waals surface area contributed by atoms with E-state index >= 15 is 0 Å². The second-order valence-electron chi connectivity index (χ2n) is 7.01. The Kier molecular flexibility index (Phi) is 7.21. The number of sulfonamides is 1. The summed E-state index contributed by atoms with van der Waals surface area (Å²) in [7, 11) is -2.25. The smallest absolute Gasteiger partial charge is 0.244 e. The number of nitrogens with zero attached hydrogens (tertiary/aromatic N) is 1. The molecule has 152 valence electrons. The molecule has 0 saturated carbocycles. The molecule has 2 aromatic carbocycles. The van der Waals surface area contributed by atoms with Crippen LogP contribution in [0.4, 0.5) is 5.69 Å². The number of nitrogens with one attached hydrogen (secondary N) is 1. The molecule has 7 heteroatoms. The van der Waals surface area contributed by atoms with E-state index in [0.29, 0.717) is 18.0 Å². The molecule has 1 N–H and O–H groups in total. The molecule has 0 amide bonds. The SMILES string of the molecule is COc1ccc(Cl)cc1S(=O)(=O)NCCc1ccc(N2CCCCCC2)cc1. The van der Waals surface area contributed by atoms with Gasteiger partial charge in [0.25, 0.3) is 0 Å². The Balaban J connectivity index is 1.59. The van der Waals surface area contributed by atoms with Crippen LogP contribution in [-0.2, 0) is 16.4 Å². The van der Waals surface area contributed by atoms with Crippen LogP contribution in [0.3, 0.4) is 0 Å². The third-order valence-corrected chi connectivity index (χ3v) is 6.75. The zero-order chi connectivity index (χ0) is 20.0. The van der Waals surface area contributed by atoms with Crippen molar-refractivity contribution in [3.05, 3.63) is 53.1 Å². The van der Waals surface area contributed by atoms with Gasteiger partial charge in [-0.05, 0) is 55.2 Å². The molecule has 1 fully saturated rings. The standard InChI is InChI=1S/C21H27ClN2O3S/c1-27-20-11-8-18(22)16-21(20)28(25,26)23-13-12-17-6-9-19(10-7-17)24-14-4-2-3-5-15-24/h6-11,16,23H,2-5,12-15H2,1H3. The molecule has 1 aliphatic heterocycles. The van der Waals surface area contributed by atoms with E-state index in [1.807, 2.05) is 0 Å². The summed E-state index contributed by atoms with van der Waals surface area (Å²) in [6, 6.07) is 13.0. The van der Waals surface area contributed by atoms with Gasteiger partial charge in [0, 0.05) is 30.3 Å². The van der Waals surface area contributed by atoms with Gasteiger partial charge in [0.15, 0.2) is 0 Å². The van der Waals surface area contributed by atoms with E-state index in [4.69, 9.17) is 16.3 Å². The molecule has 1 aliphatic rings. The van der Waals surface area contributed by atoms with Crippen molar-refractivity contribution in [2.24, 2.45) is 0 Å². The molecular formula is C21H27ClN2O3S. The second kappa shape index (κ2) is 9.63. The van der Waals surface area contributed by atoms with Gasteiger partial charge in [0.05, 0.1) is 7.11 Å². The van der Waals surface area contributed by atoms with Crippen molar-refractivity contribution in [1.82, 2.24) is 4.72 Å². The minimum Gasteiger partial charge on any atom is -0.495 e. The van der Waals surface area contributed by atoms with Crippen LogP contribution in [0.2, 0.25) is 5.02 Å². The maximum atomic E-state index is 12.6. The summed E-state index contributed by atoms with van der Waals surface area (Å²) in [5.74, 6) is 0.277. The lowest BCUT2D eigenvalue weighted by atomic mass is 10.1. The summed E-state index contributed by atoms with van der Waals surface area (Å²) >= 11 is 5.95. The molecule has 0 bridgehead atoms. The minimum atomic E-state index is -3.69. The van der Waals surface area contributed by atoms with Crippen molar-refractivity contribution in [2.75, 3.05) is 31.6 Å². The van der Waals surface area contributed by atoms with Gasteiger partial charge in [-0.3, -0.25) is 0 Å². The molecule has 0 aliphatic carbocycles. The van der Waals surface area contributed by atoms with E-state index in [9.17, 15) is 8.42 Å². The molecule has 0 aromatic heterocycles. The minimum absolute atomic E-state index is 0.0546. The number of anilines is 1. The number of rotatable bonds is 7. The highest BCUT2D eigenvalue weighted by Gasteiger charge is 2.19. The van der Waals surface area contributed by atoms with Crippen LogP contribution in [0.15, 0.2) is 47.4 Å². The van der Waals surface area contributed by atoms with Gasteiger partial charge >= 0.3 is 0 Å². The normalized spacial score (nSPS) is 15.3. The Bertz CT molecular complexity index is 877. The van der Waals surface area contributed by atoms with Crippen LogP contribution in [-0.4, -0.2) is 35.2 Å². The molecule has 0 spiro atoms. The fourth-order valence-electron chi connectivity index (χ4n) is 3.47. The van der Waals surface area contributed by atoms with E-state index in [1.54, 1.807) is 12.1 Å². The van der Waals surface area contributed by atoms with Crippen LogP contribution in [0.25, 0.3) is 0 Å². The Morgan fingerprint density at radius 2 is 1.71 bits per heavy atom. The highest BCUT2D eigenvalue weighted by molar-refractivity contribution is 7.89. The molecule has 3 rings (SSSR count). The first kappa shape index (κ1) is 21.0. The lowest BCUT2D eigenvalue weighted by Gasteiger charge is -2.22. The lowest BCUT2D eigenvalue weighted by molar-refractivity contribution is 0.402. The van der Waals surface area contributed by atoms with Gasteiger partial charge in [-0.1, -0.05) is 36.6 Å². The highest BCUT2D eigenvalue weighted by atomic mass is 35.5.